The quantitative estimate of drug-likeness (QED) is 0.838. The Bertz CT molecular complexity index is 763. The van der Waals surface area contributed by atoms with Crippen molar-refractivity contribution in [2.75, 3.05) is 18.4 Å². The predicted molar refractivity (Wildman–Crippen MR) is 90.8 cm³/mol. The average molecular weight is 327 g/mol. The standard InChI is InChI=1S/C16H17N5OS/c17-14-13-11(3-1-7-18-13)19-16(20-14)5-8-21(9-6-16)15(22)12-4-2-10-23-12/h1-4,7,10,19H,5-6,8-9H2,(H2,17,20). The van der Waals surface area contributed by atoms with Crippen molar-refractivity contribution in [1.29, 1.82) is 0 Å². The maximum atomic E-state index is 12.4. The zero-order valence-corrected chi connectivity index (χ0v) is 13.3. The molecule has 0 aliphatic carbocycles. The number of amidine groups is 1. The highest BCUT2D eigenvalue weighted by molar-refractivity contribution is 7.12. The summed E-state index contributed by atoms with van der Waals surface area (Å²) in [6, 6.07) is 7.62. The van der Waals surface area contributed by atoms with E-state index in [0.29, 0.717) is 24.6 Å². The van der Waals surface area contributed by atoms with Gasteiger partial charge in [-0.25, -0.2) is 4.99 Å². The number of carbonyl (C=O) groups excluding carboxylic acids is 1. The van der Waals surface area contributed by atoms with Crippen LogP contribution in [0.25, 0.3) is 0 Å². The molecular weight excluding hydrogens is 310 g/mol. The molecule has 6 nitrogen and oxygen atoms in total. The summed E-state index contributed by atoms with van der Waals surface area (Å²) in [5, 5.41) is 5.40. The van der Waals surface area contributed by atoms with Gasteiger partial charge in [-0.1, -0.05) is 6.07 Å². The van der Waals surface area contributed by atoms with Gasteiger partial charge >= 0.3 is 0 Å². The van der Waals surface area contributed by atoms with Crippen LogP contribution in [0.15, 0.2) is 40.8 Å². The molecule has 2 aromatic rings. The molecule has 2 aliphatic heterocycles. The first kappa shape index (κ1) is 14.2. The van der Waals surface area contributed by atoms with Crippen LogP contribution in [0.1, 0.15) is 28.2 Å². The Kier molecular flexibility index (Phi) is 3.30. The number of likely N-dealkylation sites (tertiary alicyclic amines) is 1. The summed E-state index contributed by atoms with van der Waals surface area (Å²) in [6.07, 6.45) is 3.18. The Morgan fingerprint density at radius 1 is 1.30 bits per heavy atom. The number of hydrogen-bond donors (Lipinski definition) is 2. The fourth-order valence-electron chi connectivity index (χ4n) is 3.15. The Morgan fingerprint density at radius 2 is 2.13 bits per heavy atom. The Hall–Kier alpha value is -2.41. The number of nitrogens with two attached hydrogens (primary N) is 1. The molecule has 1 fully saturated rings. The number of carbonyl (C=O) groups is 1. The molecule has 23 heavy (non-hydrogen) atoms. The highest BCUT2D eigenvalue weighted by Crippen LogP contribution is 2.33. The smallest absolute Gasteiger partial charge is 0.263 e. The molecule has 7 heteroatoms. The second-order valence-electron chi connectivity index (χ2n) is 5.82. The zero-order valence-electron chi connectivity index (χ0n) is 12.5. The lowest BCUT2D eigenvalue weighted by molar-refractivity contribution is 0.0690. The van der Waals surface area contributed by atoms with Crippen LogP contribution in [0.5, 0.6) is 0 Å². The van der Waals surface area contributed by atoms with Crippen molar-refractivity contribution in [2.24, 2.45) is 10.7 Å². The minimum Gasteiger partial charge on any atom is -0.382 e. The number of anilines is 1. The number of nitrogens with one attached hydrogen (secondary N) is 1. The van der Waals surface area contributed by atoms with Crippen molar-refractivity contribution in [3.05, 3.63) is 46.4 Å². The van der Waals surface area contributed by atoms with Crippen LogP contribution in [-0.2, 0) is 0 Å². The van der Waals surface area contributed by atoms with E-state index in [0.717, 1.165) is 23.4 Å². The van der Waals surface area contributed by atoms with Crippen molar-refractivity contribution in [3.63, 3.8) is 0 Å². The number of aliphatic imine (C=N–C) groups is 1. The number of pyridine rings is 1. The fraction of sp³-hybridized carbons (Fsp3) is 0.312. The molecule has 0 saturated carbocycles. The van der Waals surface area contributed by atoms with Gasteiger partial charge in [0.25, 0.3) is 5.91 Å². The number of thiophene rings is 1. The average Bonchev–Trinajstić information content (AvgIpc) is 3.09. The van der Waals surface area contributed by atoms with E-state index in [9.17, 15) is 4.79 Å². The van der Waals surface area contributed by atoms with Crippen molar-refractivity contribution >= 4 is 28.8 Å². The van der Waals surface area contributed by atoms with Gasteiger partial charge < -0.3 is 16.0 Å². The molecule has 4 heterocycles. The minimum absolute atomic E-state index is 0.102. The zero-order chi connectivity index (χ0) is 15.9. The van der Waals surface area contributed by atoms with E-state index in [1.165, 1.54) is 11.3 Å². The highest BCUT2D eigenvalue weighted by atomic mass is 32.1. The molecule has 1 spiro atoms. The molecule has 0 aromatic carbocycles. The van der Waals surface area contributed by atoms with Crippen LogP contribution >= 0.6 is 11.3 Å². The summed E-state index contributed by atoms with van der Waals surface area (Å²) in [6.45, 7) is 1.33. The van der Waals surface area contributed by atoms with E-state index in [1.54, 1.807) is 6.20 Å². The topological polar surface area (TPSA) is 83.6 Å². The number of fused-ring (bicyclic) bond motifs is 1. The SMILES string of the molecule is NC1=NC2(CCN(C(=O)c3cccs3)CC2)Nc2cccnc21. The van der Waals surface area contributed by atoms with E-state index in [1.807, 2.05) is 34.5 Å². The van der Waals surface area contributed by atoms with E-state index < -0.39 is 5.66 Å². The first-order chi connectivity index (χ1) is 11.2. The van der Waals surface area contributed by atoms with Crippen molar-refractivity contribution in [1.82, 2.24) is 9.88 Å². The summed E-state index contributed by atoms with van der Waals surface area (Å²) in [5.74, 6) is 0.571. The molecule has 2 aromatic heterocycles. The van der Waals surface area contributed by atoms with Crippen LogP contribution in [0, 0.1) is 0 Å². The monoisotopic (exact) mass is 327 g/mol. The molecular formula is C16H17N5OS. The third-order valence-corrected chi connectivity index (χ3v) is 5.22. The molecule has 3 N–H and O–H groups in total. The van der Waals surface area contributed by atoms with Gasteiger partial charge in [0.2, 0.25) is 0 Å². The highest BCUT2D eigenvalue weighted by Gasteiger charge is 2.39. The molecule has 1 saturated heterocycles. The summed E-state index contributed by atoms with van der Waals surface area (Å²) in [5.41, 5.74) is 7.29. The molecule has 4 rings (SSSR count). The van der Waals surface area contributed by atoms with E-state index in [-0.39, 0.29) is 5.91 Å². The van der Waals surface area contributed by atoms with Gasteiger partial charge in [-0.2, -0.15) is 0 Å². The lowest BCUT2D eigenvalue weighted by atomic mass is 9.94. The van der Waals surface area contributed by atoms with Crippen LogP contribution in [0.4, 0.5) is 5.69 Å². The summed E-state index contributed by atoms with van der Waals surface area (Å²) < 4.78 is 0. The van der Waals surface area contributed by atoms with Crippen LogP contribution in [-0.4, -0.2) is 40.4 Å². The molecule has 1 amide bonds. The fourth-order valence-corrected chi connectivity index (χ4v) is 3.84. The second kappa shape index (κ2) is 5.34. The number of aromatic nitrogens is 1. The molecule has 0 atom stereocenters. The van der Waals surface area contributed by atoms with Gasteiger partial charge in [0.1, 0.15) is 17.2 Å². The van der Waals surface area contributed by atoms with Gasteiger partial charge in [0, 0.05) is 32.1 Å². The van der Waals surface area contributed by atoms with Crippen LogP contribution < -0.4 is 11.1 Å². The molecule has 0 unspecified atom stereocenters. The van der Waals surface area contributed by atoms with Crippen LogP contribution in [0.2, 0.25) is 0 Å². The third-order valence-electron chi connectivity index (χ3n) is 4.36. The molecule has 118 valence electrons. The van der Waals surface area contributed by atoms with Gasteiger partial charge in [-0.15, -0.1) is 11.3 Å². The van der Waals surface area contributed by atoms with Crippen molar-refractivity contribution in [2.45, 2.75) is 18.5 Å². The third kappa shape index (κ3) is 2.46. The lowest BCUT2D eigenvalue weighted by Gasteiger charge is -2.42. The Balaban J connectivity index is 1.52. The van der Waals surface area contributed by atoms with Gasteiger partial charge in [0.15, 0.2) is 0 Å². The molecule has 2 aliphatic rings. The first-order valence-corrected chi connectivity index (χ1v) is 8.47. The predicted octanol–water partition coefficient (Wildman–Crippen LogP) is 1.91. The summed E-state index contributed by atoms with van der Waals surface area (Å²) in [7, 11) is 0. The molecule has 0 bridgehead atoms. The lowest BCUT2D eigenvalue weighted by Crippen LogP contribution is -2.52. The van der Waals surface area contributed by atoms with Gasteiger partial charge in [0.05, 0.1) is 10.6 Å². The summed E-state index contributed by atoms with van der Waals surface area (Å²) in [4.78, 5) is 24.0. The number of rotatable bonds is 1. The maximum Gasteiger partial charge on any atom is 0.263 e. The van der Waals surface area contributed by atoms with Gasteiger partial charge in [-0.05, 0) is 23.6 Å². The van der Waals surface area contributed by atoms with Crippen LogP contribution in [0.3, 0.4) is 0 Å². The number of amides is 1. The second-order valence-corrected chi connectivity index (χ2v) is 6.77. The molecule has 0 radical (unpaired) electrons. The number of hydrogen-bond acceptors (Lipinski definition) is 6. The Morgan fingerprint density at radius 3 is 2.87 bits per heavy atom. The van der Waals surface area contributed by atoms with E-state index >= 15 is 0 Å². The van der Waals surface area contributed by atoms with E-state index in [4.69, 9.17) is 5.73 Å². The van der Waals surface area contributed by atoms with Gasteiger partial charge in [-0.3, -0.25) is 9.78 Å². The van der Waals surface area contributed by atoms with Crippen molar-refractivity contribution in [3.8, 4) is 0 Å². The number of nitrogens with zero attached hydrogens (tertiary/aromatic N) is 3. The first-order valence-electron chi connectivity index (χ1n) is 7.59. The largest absolute Gasteiger partial charge is 0.382 e. The normalized spacial score (nSPS) is 19.0. The Labute approximate surface area is 138 Å². The minimum atomic E-state index is -0.424. The van der Waals surface area contributed by atoms with E-state index in [2.05, 4.69) is 15.3 Å². The number of piperidine rings is 1. The summed E-state index contributed by atoms with van der Waals surface area (Å²) >= 11 is 1.48. The maximum absolute atomic E-state index is 12.4. The van der Waals surface area contributed by atoms with Crippen molar-refractivity contribution < 1.29 is 4.79 Å².